The van der Waals surface area contributed by atoms with E-state index >= 15 is 0 Å². The highest BCUT2D eigenvalue weighted by atomic mass is 16.5. The molecule has 0 aromatic rings. The van der Waals surface area contributed by atoms with Crippen molar-refractivity contribution in [1.29, 1.82) is 0 Å². The summed E-state index contributed by atoms with van der Waals surface area (Å²) in [6.45, 7) is 4.49. The molecule has 0 aromatic carbocycles. The van der Waals surface area contributed by atoms with Crippen molar-refractivity contribution in [2.24, 2.45) is 0 Å². The molecule has 4 nitrogen and oxygen atoms in total. The summed E-state index contributed by atoms with van der Waals surface area (Å²) in [4.78, 5) is 23.1. The molecular weight excluding hydrogens is 448 g/mol. The summed E-state index contributed by atoms with van der Waals surface area (Å²) in [6.07, 6.45) is 32.2. The lowest BCUT2D eigenvalue weighted by molar-refractivity contribution is -0.150. The van der Waals surface area contributed by atoms with Gasteiger partial charge in [-0.25, -0.2) is 0 Å². The van der Waals surface area contributed by atoms with Gasteiger partial charge in [0.2, 0.25) is 0 Å². The zero-order chi connectivity index (χ0) is 26.5. The number of carboxylic acid groups (broad SMARTS) is 1. The molecule has 0 rings (SSSR count). The van der Waals surface area contributed by atoms with E-state index in [1.54, 1.807) is 0 Å². The van der Waals surface area contributed by atoms with Gasteiger partial charge in [0, 0.05) is 12.8 Å². The lowest BCUT2D eigenvalue weighted by Crippen LogP contribution is -2.18. The number of hydrogen-bond donors (Lipinski definition) is 1. The van der Waals surface area contributed by atoms with Crippen molar-refractivity contribution in [3.05, 3.63) is 12.2 Å². The maximum absolute atomic E-state index is 12.4. The molecule has 0 fully saturated rings. The Balaban J connectivity index is 3.89. The summed E-state index contributed by atoms with van der Waals surface area (Å²) < 4.78 is 5.86. The molecule has 4 heteroatoms. The number of ether oxygens (including phenoxy) is 1. The number of aliphatic carboxylic acids is 1. The van der Waals surface area contributed by atoms with Crippen LogP contribution in [0.4, 0.5) is 0 Å². The van der Waals surface area contributed by atoms with Crippen molar-refractivity contribution in [2.75, 3.05) is 0 Å². The highest BCUT2D eigenvalue weighted by molar-refractivity contribution is 5.69. The van der Waals surface area contributed by atoms with Crippen LogP contribution in [-0.4, -0.2) is 23.1 Å². The fraction of sp³-hybridized carbons (Fsp3) is 0.875. The largest absolute Gasteiger partial charge is 0.481 e. The zero-order valence-electron chi connectivity index (χ0n) is 24.1. The molecule has 0 aliphatic rings. The molecule has 36 heavy (non-hydrogen) atoms. The van der Waals surface area contributed by atoms with Crippen LogP contribution in [-0.2, 0) is 14.3 Å². The Morgan fingerprint density at radius 2 is 1.00 bits per heavy atom. The minimum absolute atomic E-state index is 0.00760. The summed E-state index contributed by atoms with van der Waals surface area (Å²) in [7, 11) is 0. The van der Waals surface area contributed by atoms with E-state index < -0.39 is 5.97 Å². The van der Waals surface area contributed by atoms with E-state index in [2.05, 4.69) is 26.0 Å². The summed E-state index contributed by atoms with van der Waals surface area (Å²) in [6, 6.07) is 0. The number of hydrogen-bond acceptors (Lipinski definition) is 3. The summed E-state index contributed by atoms with van der Waals surface area (Å²) in [5.41, 5.74) is 0. The van der Waals surface area contributed by atoms with Crippen LogP contribution in [0, 0.1) is 0 Å². The van der Waals surface area contributed by atoms with Crippen molar-refractivity contribution in [1.82, 2.24) is 0 Å². The fourth-order valence-electron chi connectivity index (χ4n) is 4.65. The molecule has 0 aliphatic carbocycles. The predicted molar refractivity (Wildman–Crippen MR) is 153 cm³/mol. The standard InChI is InChI=1S/C32H60O4/c1-3-5-7-9-11-12-13-14-15-16-17-18-20-25-29-32(35)36-30(26-22-19-10-8-6-4-2)27-23-21-24-28-31(33)34/h12-13,30H,3-11,14-29H2,1-2H3,(H,33,34)/b13-12-. The number of rotatable bonds is 28. The summed E-state index contributed by atoms with van der Waals surface area (Å²) in [5.74, 6) is -0.768. The number of unbranched alkanes of at least 4 members (excludes halogenated alkanes) is 17. The van der Waals surface area contributed by atoms with Crippen molar-refractivity contribution < 1.29 is 19.4 Å². The maximum Gasteiger partial charge on any atom is 0.306 e. The van der Waals surface area contributed by atoms with E-state index in [0.717, 1.165) is 44.9 Å². The zero-order valence-corrected chi connectivity index (χ0v) is 24.1. The molecule has 0 bridgehead atoms. The fourth-order valence-corrected chi connectivity index (χ4v) is 4.65. The van der Waals surface area contributed by atoms with Crippen molar-refractivity contribution in [2.45, 2.75) is 180 Å². The van der Waals surface area contributed by atoms with E-state index in [1.165, 1.54) is 96.3 Å². The van der Waals surface area contributed by atoms with E-state index in [-0.39, 0.29) is 18.5 Å². The van der Waals surface area contributed by atoms with Crippen molar-refractivity contribution in [3.8, 4) is 0 Å². The Labute approximate surface area is 224 Å². The Kier molecular flexibility index (Phi) is 27.2. The normalized spacial score (nSPS) is 12.3. The minimum Gasteiger partial charge on any atom is -0.481 e. The van der Waals surface area contributed by atoms with Crippen LogP contribution in [0.15, 0.2) is 12.2 Å². The van der Waals surface area contributed by atoms with Gasteiger partial charge in [-0.3, -0.25) is 9.59 Å². The van der Waals surface area contributed by atoms with Gasteiger partial charge in [0.25, 0.3) is 0 Å². The maximum atomic E-state index is 12.4. The number of carbonyl (C=O) groups excluding carboxylic acids is 1. The second-order valence-corrected chi connectivity index (χ2v) is 10.6. The molecule has 0 saturated heterocycles. The number of carbonyl (C=O) groups is 2. The first kappa shape index (κ1) is 34.7. The highest BCUT2D eigenvalue weighted by Crippen LogP contribution is 2.18. The van der Waals surface area contributed by atoms with Crippen molar-refractivity contribution >= 4 is 11.9 Å². The molecule has 1 unspecified atom stereocenters. The lowest BCUT2D eigenvalue weighted by Gasteiger charge is -2.18. The monoisotopic (exact) mass is 508 g/mol. The molecule has 1 N–H and O–H groups in total. The second kappa shape index (κ2) is 28.3. The second-order valence-electron chi connectivity index (χ2n) is 10.6. The topological polar surface area (TPSA) is 63.6 Å². The molecule has 0 aromatic heterocycles. The van der Waals surface area contributed by atoms with E-state index in [1.807, 2.05) is 0 Å². The quantitative estimate of drug-likeness (QED) is 0.0648. The first-order chi connectivity index (χ1) is 17.6. The van der Waals surface area contributed by atoms with Gasteiger partial charge >= 0.3 is 11.9 Å². The van der Waals surface area contributed by atoms with Gasteiger partial charge < -0.3 is 9.84 Å². The average Bonchev–Trinajstić information content (AvgIpc) is 2.85. The molecule has 0 saturated carbocycles. The van der Waals surface area contributed by atoms with Gasteiger partial charge in [0.1, 0.15) is 6.10 Å². The number of allylic oxidation sites excluding steroid dienone is 2. The molecule has 1 atom stereocenters. The predicted octanol–water partition coefficient (Wildman–Crippen LogP) is 10.3. The summed E-state index contributed by atoms with van der Waals surface area (Å²) >= 11 is 0. The first-order valence-electron chi connectivity index (χ1n) is 15.7. The highest BCUT2D eigenvalue weighted by Gasteiger charge is 2.14. The average molecular weight is 509 g/mol. The Morgan fingerprint density at radius 1 is 0.583 bits per heavy atom. The van der Waals surface area contributed by atoms with Crippen LogP contribution in [0.3, 0.4) is 0 Å². The van der Waals surface area contributed by atoms with Gasteiger partial charge in [-0.1, -0.05) is 109 Å². The Morgan fingerprint density at radius 3 is 1.56 bits per heavy atom. The van der Waals surface area contributed by atoms with Gasteiger partial charge in [0.05, 0.1) is 0 Å². The Hall–Kier alpha value is -1.32. The van der Waals surface area contributed by atoms with Crippen LogP contribution in [0.25, 0.3) is 0 Å². The van der Waals surface area contributed by atoms with Crippen LogP contribution in [0.2, 0.25) is 0 Å². The van der Waals surface area contributed by atoms with Gasteiger partial charge in [-0.05, 0) is 64.2 Å². The van der Waals surface area contributed by atoms with Gasteiger partial charge in [0.15, 0.2) is 0 Å². The molecule has 212 valence electrons. The van der Waals surface area contributed by atoms with Crippen molar-refractivity contribution in [3.63, 3.8) is 0 Å². The molecule has 0 radical (unpaired) electrons. The molecular formula is C32H60O4. The minimum atomic E-state index is -0.727. The smallest absolute Gasteiger partial charge is 0.306 e. The van der Waals surface area contributed by atoms with Gasteiger partial charge in [-0.2, -0.15) is 0 Å². The van der Waals surface area contributed by atoms with Crippen LogP contribution in [0.5, 0.6) is 0 Å². The number of esters is 1. The van der Waals surface area contributed by atoms with Crippen LogP contribution >= 0.6 is 0 Å². The number of carboxylic acids is 1. The lowest BCUT2D eigenvalue weighted by atomic mass is 10.0. The third kappa shape index (κ3) is 27.3. The van der Waals surface area contributed by atoms with E-state index in [0.29, 0.717) is 12.8 Å². The van der Waals surface area contributed by atoms with E-state index in [4.69, 9.17) is 9.84 Å². The first-order valence-corrected chi connectivity index (χ1v) is 15.7. The summed E-state index contributed by atoms with van der Waals surface area (Å²) in [5, 5.41) is 8.80. The molecule has 0 heterocycles. The van der Waals surface area contributed by atoms with Crippen LogP contribution < -0.4 is 0 Å². The van der Waals surface area contributed by atoms with E-state index in [9.17, 15) is 9.59 Å². The molecule has 0 amide bonds. The Bertz CT molecular complexity index is 514. The third-order valence-electron chi connectivity index (χ3n) is 6.99. The van der Waals surface area contributed by atoms with Crippen LogP contribution in [0.1, 0.15) is 174 Å². The molecule has 0 spiro atoms. The molecule has 0 aliphatic heterocycles. The van der Waals surface area contributed by atoms with Gasteiger partial charge in [-0.15, -0.1) is 0 Å². The third-order valence-corrected chi connectivity index (χ3v) is 6.99. The SMILES string of the molecule is CCCCCC/C=C\CCCCCCCCC(=O)OC(CCCCCCCC)CCCCCC(=O)O.